The minimum atomic E-state index is -3.67. The van der Waals surface area contributed by atoms with Crippen molar-refractivity contribution in [2.75, 3.05) is 50.7 Å². The molecule has 0 saturated carbocycles. The predicted octanol–water partition coefficient (Wildman–Crippen LogP) is 0.594. The summed E-state index contributed by atoms with van der Waals surface area (Å²) in [6.45, 7) is 4.98. The SMILES string of the molecule is Cc1nc(S(=O)(=O)N2CCC(C(=O)NCC(=O)N3CCN(c4ccccc4)CC3)CC2)cn1C. The van der Waals surface area contributed by atoms with Crippen molar-refractivity contribution >= 4 is 27.5 Å². The zero-order valence-corrected chi connectivity index (χ0v) is 20.5. The van der Waals surface area contributed by atoms with Gasteiger partial charge in [0, 0.05) is 64.1 Å². The third-order valence-electron chi connectivity index (χ3n) is 6.68. The number of piperidine rings is 1. The zero-order valence-electron chi connectivity index (χ0n) is 19.7. The molecule has 0 radical (unpaired) electrons. The quantitative estimate of drug-likeness (QED) is 0.638. The lowest BCUT2D eigenvalue weighted by atomic mass is 9.97. The van der Waals surface area contributed by atoms with Crippen molar-refractivity contribution in [1.29, 1.82) is 0 Å². The lowest BCUT2D eigenvalue weighted by Gasteiger charge is -2.36. The molecule has 0 atom stereocenters. The number of carbonyl (C=O) groups excluding carboxylic acids is 2. The van der Waals surface area contributed by atoms with Crippen LogP contribution in [0.25, 0.3) is 0 Å². The van der Waals surface area contributed by atoms with Crippen LogP contribution in [0.15, 0.2) is 41.6 Å². The van der Waals surface area contributed by atoms with E-state index in [2.05, 4.69) is 27.3 Å². The molecule has 2 fully saturated rings. The first kappa shape index (κ1) is 24.2. The highest BCUT2D eigenvalue weighted by atomic mass is 32.2. The Morgan fingerprint density at radius 3 is 2.26 bits per heavy atom. The van der Waals surface area contributed by atoms with Crippen LogP contribution in [0.3, 0.4) is 0 Å². The third-order valence-corrected chi connectivity index (χ3v) is 8.45. The Labute approximate surface area is 200 Å². The van der Waals surface area contributed by atoms with Crippen molar-refractivity contribution < 1.29 is 18.0 Å². The topological polar surface area (TPSA) is 108 Å². The van der Waals surface area contributed by atoms with Gasteiger partial charge in [-0.25, -0.2) is 13.4 Å². The summed E-state index contributed by atoms with van der Waals surface area (Å²) in [7, 11) is -1.92. The number of aromatic nitrogens is 2. The molecule has 0 aliphatic carbocycles. The van der Waals surface area contributed by atoms with Gasteiger partial charge >= 0.3 is 0 Å². The van der Waals surface area contributed by atoms with Crippen LogP contribution in [0.4, 0.5) is 5.69 Å². The highest BCUT2D eigenvalue weighted by Gasteiger charge is 2.34. The van der Waals surface area contributed by atoms with Gasteiger partial charge in [0.1, 0.15) is 5.82 Å². The van der Waals surface area contributed by atoms with Crippen molar-refractivity contribution in [2.24, 2.45) is 13.0 Å². The van der Waals surface area contributed by atoms with Crippen molar-refractivity contribution in [3.8, 4) is 0 Å². The molecule has 3 heterocycles. The molecule has 0 unspecified atom stereocenters. The number of sulfonamides is 1. The van der Waals surface area contributed by atoms with E-state index in [9.17, 15) is 18.0 Å². The fourth-order valence-electron chi connectivity index (χ4n) is 4.41. The standard InChI is InChI=1S/C23H32N6O4S/c1-18-25-21(17-26(18)2)34(32,33)29-10-8-19(9-11-29)23(31)24-16-22(30)28-14-12-27(13-15-28)20-6-4-3-5-7-20/h3-7,17,19H,8-16H2,1-2H3,(H,24,31). The number of anilines is 1. The van der Waals surface area contributed by atoms with Gasteiger partial charge in [-0.2, -0.15) is 4.31 Å². The maximum Gasteiger partial charge on any atom is 0.262 e. The number of hydrogen-bond donors (Lipinski definition) is 1. The molecule has 10 nitrogen and oxygen atoms in total. The molecular weight excluding hydrogens is 456 g/mol. The van der Waals surface area contributed by atoms with Crippen molar-refractivity contribution in [3.05, 3.63) is 42.4 Å². The smallest absolute Gasteiger partial charge is 0.262 e. The van der Waals surface area contributed by atoms with E-state index in [4.69, 9.17) is 0 Å². The second-order valence-corrected chi connectivity index (χ2v) is 10.7. The highest BCUT2D eigenvalue weighted by molar-refractivity contribution is 7.89. The van der Waals surface area contributed by atoms with Crippen LogP contribution in [-0.2, 0) is 26.7 Å². The molecule has 2 aromatic rings. The summed E-state index contributed by atoms with van der Waals surface area (Å²) >= 11 is 0. The number of hydrogen-bond acceptors (Lipinski definition) is 6. The van der Waals surface area contributed by atoms with Crippen LogP contribution in [-0.4, -0.2) is 84.8 Å². The molecule has 2 aliphatic rings. The molecule has 0 bridgehead atoms. The van der Waals surface area contributed by atoms with Crippen molar-refractivity contribution in [2.45, 2.75) is 24.8 Å². The van der Waals surface area contributed by atoms with Crippen LogP contribution in [0.5, 0.6) is 0 Å². The molecule has 184 valence electrons. The Morgan fingerprint density at radius 2 is 1.68 bits per heavy atom. The third kappa shape index (κ3) is 5.25. The van der Waals surface area contributed by atoms with Crippen molar-refractivity contribution in [3.63, 3.8) is 0 Å². The van der Waals surface area contributed by atoms with Gasteiger partial charge in [0.2, 0.25) is 11.8 Å². The Balaban J connectivity index is 1.21. The molecule has 0 spiro atoms. The average molecular weight is 489 g/mol. The number of para-hydroxylation sites is 1. The van der Waals surface area contributed by atoms with Gasteiger partial charge in [-0.1, -0.05) is 18.2 Å². The van der Waals surface area contributed by atoms with E-state index >= 15 is 0 Å². The molecule has 1 aromatic heterocycles. The maximum absolute atomic E-state index is 12.8. The van der Waals surface area contributed by atoms with Crippen LogP contribution >= 0.6 is 0 Å². The number of aryl methyl sites for hydroxylation is 2. The molecule has 2 amide bonds. The number of carbonyl (C=O) groups is 2. The minimum Gasteiger partial charge on any atom is -0.368 e. The number of benzene rings is 1. The molecule has 4 rings (SSSR count). The molecule has 1 aromatic carbocycles. The molecule has 1 N–H and O–H groups in total. The summed E-state index contributed by atoms with van der Waals surface area (Å²) in [5, 5.41) is 2.80. The Morgan fingerprint density at radius 1 is 1.03 bits per heavy atom. The monoisotopic (exact) mass is 488 g/mol. The van der Waals surface area contributed by atoms with E-state index in [1.807, 2.05) is 18.2 Å². The fourth-order valence-corrected chi connectivity index (χ4v) is 5.91. The van der Waals surface area contributed by atoms with E-state index < -0.39 is 10.0 Å². The number of nitrogens with zero attached hydrogens (tertiary/aromatic N) is 5. The van der Waals surface area contributed by atoms with Crippen LogP contribution in [0.2, 0.25) is 0 Å². The Kier molecular flexibility index (Phi) is 7.22. The first-order valence-electron chi connectivity index (χ1n) is 11.6. The number of amides is 2. The fraction of sp³-hybridized carbons (Fsp3) is 0.522. The molecule has 11 heteroatoms. The summed E-state index contributed by atoms with van der Waals surface area (Å²) < 4.78 is 28.7. The van der Waals surface area contributed by atoms with E-state index in [-0.39, 0.29) is 42.4 Å². The predicted molar refractivity (Wildman–Crippen MR) is 128 cm³/mol. The van der Waals surface area contributed by atoms with Gasteiger partial charge < -0.3 is 19.7 Å². The number of rotatable bonds is 6. The van der Waals surface area contributed by atoms with Gasteiger partial charge in [0.15, 0.2) is 5.03 Å². The molecule has 34 heavy (non-hydrogen) atoms. The van der Waals surface area contributed by atoms with Gasteiger partial charge in [-0.15, -0.1) is 0 Å². The Hall–Kier alpha value is -2.92. The summed E-state index contributed by atoms with van der Waals surface area (Å²) in [5.74, 6) is 0.0345. The number of nitrogens with one attached hydrogen (secondary N) is 1. The summed E-state index contributed by atoms with van der Waals surface area (Å²) in [6, 6.07) is 10.1. The zero-order chi connectivity index (χ0) is 24.3. The maximum atomic E-state index is 12.8. The van der Waals surface area contributed by atoms with E-state index in [1.54, 1.807) is 23.4 Å². The largest absolute Gasteiger partial charge is 0.368 e. The van der Waals surface area contributed by atoms with E-state index in [0.29, 0.717) is 31.8 Å². The average Bonchev–Trinajstić information content (AvgIpc) is 3.22. The number of imidazole rings is 1. The van der Waals surface area contributed by atoms with Crippen LogP contribution in [0.1, 0.15) is 18.7 Å². The lowest BCUT2D eigenvalue weighted by molar-refractivity contribution is -0.134. The lowest BCUT2D eigenvalue weighted by Crippen LogP contribution is -2.52. The summed E-state index contributed by atoms with van der Waals surface area (Å²) in [4.78, 5) is 33.4. The number of piperazine rings is 1. The van der Waals surface area contributed by atoms with Crippen LogP contribution < -0.4 is 10.2 Å². The summed E-state index contributed by atoms with van der Waals surface area (Å²) in [6.07, 6.45) is 2.34. The van der Waals surface area contributed by atoms with Gasteiger partial charge in [-0.05, 0) is 31.9 Å². The summed E-state index contributed by atoms with van der Waals surface area (Å²) in [5.41, 5.74) is 1.15. The second kappa shape index (κ2) is 10.1. The van der Waals surface area contributed by atoms with E-state index in [0.717, 1.165) is 18.8 Å². The minimum absolute atomic E-state index is 0.0318. The first-order valence-corrected chi connectivity index (χ1v) is 13.1. The molecule has 2 aliphatic heterocycles. The molecule has 2 saturated heterocycles. The van der Waals surface area contributed by atoms with E-state index in [1.165, 1.54) is 10.5 Å². The van der Waals surface area contributed by atoms with Crippen LogP contribution in [0, 0.1) is 12.8 Å². The van der Waals surface area contributed by atoms with Gasteiger partial charge in [-0.3, -0.25) is 9.59 Å². The van der Waals surface area contributed by atoms with Gasteiger partial charge in [0.25, 0.3) is 10.0 Å². The normalized spacial score (nSPS) is 18.2. The first-order chi connectivity index (χ1) is 16.3. The second-order valence-electron chi connectivity index (χ2n) is 8.84. The Bertz CT molecular complexity index is 1100. The molecular formula is C23H32N6O4S. The van der Waals surface area contributed by atoms with Gasteiger partial charge in [0.05, 0.1) is 6.54 Å². The highest BCUT2D eigenvalue weighted by Crippen LogP contribution is 2.23. The van der Waals surface area contributed by atoms with Crippen molar-refractivity contribution in [1.82, 2.24) is 24.1 Å².